The van der Waals surface area contributed by atoms with Crippen LogP contribution in [0.3, 0.4) is 0 Å². The molecule has 1 aliphatic rings. The molecule has 1 aromatic carbocycles. The molecule has 9 heteroatoms. The Morgan fingerprint density at radius 3 is 2.37 bits per heavy atom. The number of fused-ring (bicyclic) bond motifs is 1. The van der Waals surface area contributed by atoms with Crippen LogP contribution in [-0.2, 0) is 0 Å². The fourth-order valence-electron chi connectivity index (χ4n) is 3.89. The van der Waals surface area contributed by atoms with Crippen molar-refractivity contribution in [1.29, 1.82) is 0 Å². The fourth-order valence-corrected chi connectivity index (χ4v) is 3.89. The summed E-state index contributed by atoms with van der Waals surface area (Å²) in [4.78, 5) is 15.8. The number of benzene rings is 1. The van der Waals surface area contributed by atoms with Crippen LogP contribution in [0, 0.1) is 0 Å². The Labute approximate surface area is 175 Å². The van der Waals surface area contributed by atoms with E-state index >= 15 is 0 Å². The minimum absolute atomic E-state index is 0.261. The Morgan fingerprint density at radius 2 is 1.77 bits per heavy atom. The Bertz CT molecular complexity index is 1030. The van der Waals surface area contributed by atoms with Crippen LogP contribution in [-0.4, -0.2) is 54.5 Å². The number of hydrogen-bond acceptors (Lipinski definition) is 9. The van der Waals surface area contributed by atoms with E-state index in [4.69, 9.17) is 18.7 Å². The average molecular weight is 413 g/mol. The third-order valence-electron chi connectivity index (χ3n) is 5.53. The molecule has 0 amide bonds. The van der Waals surface area contributed by atoms with E-state index in [-0.39, 0.29) is 11.8 Å². The third-order valence-corrected chi connectivity index (χ3v) is 5.53. The molecule has 3 aromatic rings. The van der Waals surface area contributed by atoms with Gasteiger partial charge in [0.1, 0.15) is 17.7 Å². The van der Waals surface area contributed by atoms with Crippen molar-refractivity contribution in [2.24, 2.45) is 0 Å². The van der Waals surface area contributed by atoms with Crippen LogP contribution in [0.1, 0.15) is 50.2 Å². The highest BCUT2D eigenvalue weighted by Crippen LogP contribution is 2.44. The summed E-state index contributed by atoms with van der Waals surface area (Å²) in [5.41, 5.74) is 0.695. The van der Waals surface area contributed by atoms with Crippen molar-refractivity contribution in [2.45, 2.75) is 38.5 Å². The molecular weight excluding hydrogens is 386 g/mol. The Balaban J connectivity index is 1.62. The van der Waals surface area contributed by atoms with Gasteiger partial charge < -0.3 is 23.6 Å². The van der Waals surface area contributed by atoms with Crippen molar-refractivity contribution in [3.63, 3.8) is 0 Å². The number of aromatic nitrogens is 4. The molecule has 4 rings (SSSR count). The molecule has 0 spiro atoms. The van der Waals surface area contributed by atoms with Gasteiger partial charge >= 0.3 is 0 Å². The number of rotatable bonds is 6. The van der Waals surface area contributed by atoms with Gasteiger partial charge in [-0.15, -0.1) is 0 Å². The SMILES string of the molecule is COc1cc2c(N3CCC(c4nc(C(C)C)no4)CC3)ncnc2c(OC)c1OC. The lowest BCUT2D eigenvalue weighted by Crippen LogP contribution is -2.33. The summed E-state index contributed by atoms with van der Waals surface area (Å²) in [7, 11) is 4.79. The highest BCUT2D eigenvalue weighted by Gasteiger charge is 2.28. The van der Waals surface area contributed by atoms with Crippen LogP contribution < -0.4 is 19.1 Å². The first-order chi connectivity index (χ1) is 14.6. The van der Waals surface area contributed by atoms with E-state index in [1.807, 2.05) is 6.07 Å². The first-order valence-corrected chi connectivity index (χ1v) is 10.1. The Morgan fingerprint density at radius 1 is 1.03 bits per heavy atom. The second-order valence-corrected chi connectivity index (χ2v) is 7.65. The lowest BCUT2D eigenvalue weighted by Gasteiger charge is -2.32. The second kappa shape index (κ2) is 8.33. The molecule has 0 aliphatic carbocycles. The van der Waals surface area contributed by atoms with Crippen molar-refractivity contribution in [1.82, 2.24) is 20.1 Å². The van der Waals surface area contributed by atoms with E-state index < -0.39 is 0 Å². The Kier molecular flexibility index (Phi) is 5.61. The summed E-state index contributed by atoms with van der Waals surface area (Å²) in [5, 5.41) is 4.97. The van der Waals surface area contributed by atoms with Gasteiger partial charge in [-0.3, -0.25) is 0 Å². The van der Waals surface area contributed by atoms with Crippen molar-refractivity contribution < 1.29 is 18.7 Å². The van der Waals surface area contributed by atoms with Gasteiger partial charge in [-0.2, -0.15) is 4.98 Å². The predicted molar refractivity (Wildman–Crippen MR) is 112 cm³/mol. The lowest BCUT2D eigenvalue weighted by atomic mass is 9.96. The largest absolute Gasteiger partial charge is 0.493 e. The maximum atomic E-state index is 5.59. The van der Waals surface area contributed by atoms with E-state index in [1.165, 1.54) is 0 Å². The number of nitrogens with zero attached hydrogens (tertiary/aromatic N) is 5. The summed E-state index contributed by atoms with van der Waals surface area (Å²) >= 11 is 0. The molecule has 160 valence electrons. The van der Waals surface area contributed by atoms with Crippen molar-refractivity contribution in [2.75, 3.05) is 39.3 Å². The van der Waals surface area contributed by atoms with Crippen LogP contribution in [0.5, 0.6) is 17.2 Å². The first-order valence-electron chi connectivity index (χ1n) is 10.1. The monoisotopic (exact) mass is 413 g/mol. The molecule has 3 heterocycles. The standard InChI is InChI=1S/C21H27N5O4/c1-12(2)19-24-21(30-25-19)13-6-8-26(9-7-13)20-14-10-15(27-3)17(28-4)18(29-5)16(14)22-11-23-20/h10-13H,6-9H2,1-5H3. The van der Waals surface area contributed by atoms with E-state index in [2.05, 4.69) is 38.9 Å². The molecule has 30 heavy (non-hydrogen) atoms. The van der Waals surface area contributed by atoms with Gasteiger partial charge in [0.05, 0.1) is 26.7 Å². The van der Waals surface area contributed by atoms with Crippen molar-refractivity contribution in [3.05, 3.63) is 24.1 Å². The number of ether oxygens (including phenoxy) is 3. The quantitative estimate of drug-likeness (QED) is 0.601. The molecule has 0 radical (unpaired) electrons. The highest BCUT2D eigenvalue weighted by atomic mass is 16.5. The molecule has 0 unspecified atom stereocenters. The topological polar surface area (TPSA) is 95.6 Å². The van der Waals surface area contributed by atoms with Crippen LogP contribution in [0.15, 0.2) is 16.9 Å². The van der Waals surface area contributed by atoms with Gasteiger partial charge in [-0.25, -0.2) is 9.97 Å². The van der Waals surface area contributed by atoms with Crippen LogP contribution in [0.2, 0.25) is 0 Å². The van der Waals surface area contributed by atoms with Gasteiger partial charge in [0.25, 0.3) is 0 Å². The minimum Gasteiger partial charge on any atom is -0.493 e. The molecule has 0 atom stereocenters. The van der Waals surface area contributed by atoms with E-state index in [0.717, 1.165) is 48.9 Å². The molecule has 2 aromatic heterocycles. The lowest BCUT2D eigenvalue weighted by molar-refractivity contribution is 0.325. The van der Waals surface area contributed by atoms with Crippen LogP contribution >= 0.6 is 0 Å². The highest BCUT2D eigenvalue weighted by molar-refractivity contribution is 5.97. The zero-order valence-electron chi connectivity index (χ0n) is 18.0. The summed E-state index contributed by atoms with van der Waals surface area (Å²) in [5.74, 6) is 4.52. The van der Waals surface area contributed by atoms with E-state index in [0.29, 0.717) is 22.8 Å². The molecule has 0 saturated carbocycles. The smallest absolute Gasteiger partial charge is 0.229 e. The molecule has 0 bridgehead atoms. The zero-order chi connectivity index (χ0) is 21.3. The van der Waals surface area contributed by atoms with Crippen LogP contribution in [0.25, 0.3) is 10.9 Å². The van der Waals surface area contributed by atoms with Crippen LogP contribution in [0.4, 0.5) is 5.82 Å². The molecule has 1 aliphatic heterocycles. The summed E-state index contributed by atoms with van der Waals surface area (Å²) in [6, 6.07) is 1.91. The van der Waals surface area contributed by atoms with Gasteiger partial charge in [-0.1, -0.05) is 19.0 Å². The van der Waals surface area contributed by atoms with Gasteiger partial charge in [-0.05, 0) is 18.9 Å². The molecule has 0 N–H and O–H groups in total. The number of hydrogen-bond donors (Lipinski definition) is 0. The van der Waals surface area contributed by atoms with Gasteiger partial charge in [0.2, 0.25) is 11.6 Å². The maximum absolute atomic E-state index is 5.59. The molecule has 1 saturated heterocycles. The number of piperidine rings is 1. The molecule has 9 nitrogen and oxygen atoms in total. The summed E-state index contributed by atoms with van der Waals surface area (Å²) < 4.78 is 22.1. The molecule has 1 fully saturated rings. The van der Waals surface area contributed by atoms with Crippen molar-refractivity contribution in [3.8, 4) is 17.2 Å². The summed E-state index contributed by atoms with van der Waals surface area (Å²) in [6.45, 7) is 5.78. The average Bonchev–Trinajstić information content (AvgIpc) is 3.28. The minimum atomic E-state index is 0.261. The number of anilines is 1. The van der Waals surface area contributed by atoms with Gasteiger partial charge in [0, 0.05) is 24.9 Å². The van der Waals surface area contributed by atoms with E-state index in [9.17, 15) is 0 Å². The zero-order valence-corrected chi connectivity index (χ0v) is 18.0. The maximum Gasteiger partial charge on any atom is 0.229 e. The normalized spacial score (nSPS) is 15.1. The van der Waals surface area contributed by atoms with E-state index in [1.54, 1.807) is 27.7 Å². The third kappa shape index (κ3) is 3.48. The van der Waals surface area contributed by atoms with Crippen molar-refractivity contribution >= 4 is 16.7 Å². The number of methoxy groups -OCH3 is 3. The fraction of sp³-hybridized carbons (Fsp3) is 0.524. The summed E-state index contributed by atoms with van der Waals surface area (Å²) in [6.07, 6.45) is 3.39. The predicted octanol–water partition coefficient (Wildman–Crippen LogP) is 3.55. The first kappa shape index (κ1) is 20.2. The second-order valence-electron chi connectivity index (χ2n) is 7.65. The Hall–Kier alpha value is -3.10. The van der Waals surface area contributed by atoms with Gasteiger partial charge in [0.15, 0.2) is 17.3 Å². The molecular formula is C21H27N5O4.